The molecular weight excluding hydrogens is 232 g/mol. The maximum absolute atomic E-state index is 4.04. The number of halogens is 1. The molecule has 1 rings (SSSR count). The van der Waals surface area contributed by atoms with Crippen molar-refractivity contribution in [2.24, 2.45) is 0 Å². The summed E-state index contributed by atoms with van der Waals surface area (Å²) in [5, 5.41) is 1.16. The number of nitrogens with zero attached hydrogens (tertiary/aromatic N) is 1. The second-order valence-electron chi connectivity index (χ2n) is 1.38. The summed E-state index contributed by atoms with van der Waals surface area (Å²) in [4.78, 5) is 4.04. The lowest BCUT2D eigenvalue weighted by atomic mass is 10.5. The SMILES string of the molecule is Pc1cccnc1I. The van der Waals surface area contributed by atoms with Crippen molar-refractivity contribution in [1.29, 1.82) is 0 Å². The lowest BCUT2D eigenvalue weighted by Crippen LogP contribution is -1.96. The van der Waals surface area contributed by atoms with Crippen LogP contribution in [0.15, 0.2) is 18.3 Å². The van der Waals surface area contributed by atoms with E-state index in [4.69, 9.17) is 0 Å². The lowest BCUT2D eigenvalue weighted by molar-refractivity contribution is 1.30. The Kier molecular flexibility index (Phi) is 2.20. The van der Waals surface area contributed by atoms with Crippen LogP contribution in [-0.4, -0.2) is 4.98 Å². The molecule has 0 N–H and O–H groups in total. The van der Waals surface area contributed by atoms with Gasteiger partial charge in [-0.05, 0) is 28.7 Å². The molecule has 1 atom stereocenters. The molecule has 0 bridgehead atoms. The van der Waals surface area contributed by atoms with Crippen molar-refractivity contribution in [2.45, 2.75) is 0 Å². The molecule has 1 nitrogen and oxygen atoms in total. The summed E-state index contributed by atoms with van der Waals surface area (Å²) in [6, 6.07) is 3.93. The van der Waals surface area contributed by atoms with E-state index < -0.39 is 0 Å². The van der Waals surface area contributed by atoms with E-state index >= 15 is 0 Å². The number of pyridine rings is 1. The molecule has 0 saturated heterocycles. The molecule has 8 heavy (non-hydrogen) atoms. The van der Waals surface area contributed by atoms with E-state index in [-0.39, 0.29) is 0 Å². The first kappa shape index (κ1) is 6.43. The molecule has 0 amide bonds. The summed E-state index contributed by atoms with van der Waals surface area (Å²) in [6.07, 6.45) is 1.79. The van der Waals surface area contributed by atoms with Crippen LogP contribution in [0.3, 0.4) is 0 Å². The number of rotatable bonds is 0. The van der Waals surface area contributed by atoms with Gasteiger partial charge in [-0.15, -0.1) is 9.24 Å². The lowest BCUT2D eigenvalue weighted by Gasteiger charge is -1.90. The largest absolute Gasteiger partial charge is 0.250 e. The Labute approximate surface area is 64.2 Å². The van der Waals surface area contributed by atoms with Gasteiger partial charge in [-0.25, -0.2) is 4.98 Å². The summed E-state index contributed by atoms with van der Waals surface area (Å²) in [5.41, 5.74) is 0. The molecule has 1 aromatic heterocycles. The van der Waals surface area contributed by atoms with Gasteiger partial charge in [0.2, 0.25) is 0 Å². The fourth-order valence-electron chi connectivity index (χ4n) is 0.398. The number of hydrogen-bond acceptors (Lipinski definition) is 1. The van der Waals surface area contributed by atoms with E-state index in [9.17, 15) is 0 Å². The predicted octanol–water partition coefficient (Wildman–Crippen LogP) is 1.19. The second-order valence-corrected chi connectivity index (χ2v) is 3.03. The summed E-state index contributed by atoms with van der Waals surface area (Å²) >= 11 is 2.19. The van der Waals surface area contributed by atoms with Crippen LogP contribution in [0.25, 0.3) is 0 Å². The minimum atomic E-state index is 1.05. The Hall–Kier alpha value is 0.310. The smallest absolute Gasteiger partial charge is 0.108 e. The molecule has 0 spiro atoms. The van der Waals surface area contributed by atoms with Crippen molar-refractivity contribution in [3.05, 3.63) is 22.0 Å². The van der Waals surface area contributed by atoms with Crippen molar-refractivity contribution >= 4 is 37.1 Å². The van der Waals surface area contributed by atoms with E-state index in [1.54, 1.807) is 6.20 Å². The van der Waals surface area contributed by atoms with Gasteiger partial charge in [0.25, 0.3) is 0 Å². The highest BCUT2D eigenvalue weighted by Gasteiger charge is 1.87. The number of aromatic nitrogens is 1. The van der Waals surface area contributed by atoms with Gasteiger partial charge in [-0.2, -0.15) is 0 Å². The van der Waals surface area contributed by atoms with Gasteiger partial charge in [-0.1, -0.05) is 6.07 Å². The van der Waals surface area contributed by atoms with Crippen LogP contribution in [0.4, 0.5) is 0 Å². The Morgan fingerprint density at radius 3 is 2.75 bits per heavy atom. The highest BCUT2D eigenvalue weighted by molar-refractivity contribution is 14.1. The fraction of sp³-hybridized carbons (Fsp3) is 0. The molecule has 1 aromatic rings. The van der Waals surface area contributed by atoms with Gasteiger partial charge in [0.1, 0.15) is 3.70 Å². The van der Waals surface area contributed by atoms with Gasteiger partial charge in [0.15, 0.2) is 0 Å². The van der Waals surface area contributed by atoms with E-state index in [2.05, 4.69) is 36.8 Å². The molecule has 0 aliphatic heterocycles. The summed E-state index contributed by atoms with van der Waals surface area (Å²) in [7, 11) is 2.62. The van der Waals surface area contributed by atoms with Crippen molar-refractivity contribution < 1.29 is 0 Å². The first-order valence-electron chi connectivity index (χ1n) is 2.16. The Balaban J connectivity index is 3.13. The third kappa shape index (κ3) is 1.39. The average Bonchev–Trinajstić information content (AvgIpc) is 1.77. The first-order chi connectivity index (χ1) is 3.80. The zero-order valence-corrected chi connectivity index (χ0v) is 7.45. The normalized spacial score (nSPS) is 9.25. The molecule has 0 aliphatic carbocycles. The molecule has 3 heteroatoms. The van der Waals surface area contributed by atoms with Crippen LogP contribution in [0.2, 0.25) is 0 Å². The molecule has 0 radical (unpaired) electrons. The van der Waals surface area contributed by atoms with E-state index in [0.29, 0.717) is 0 Å². The van der Waals surface area contributed by atoms with Crippen molar-refractivity contribution in [3.8, 4) is 0 Å². The first-order valence-corrected chi connectivity index (χ1v) is 3.82. The Morgan fingerprint density at radius 1 is 1.62 bits per heavy atom. The van der Waals surface area contributed by atoms with Crippen LogP contribution in [0.5, 0.6) is 0 Å². The van der Waals surface area contributed by atoms with Crippen molar-refractivity contribution in [2.75, 3.05) is 0 Å². The highest BCUT2D eigenvalue weighted by Crippen LogP contribution is 1.98. The van der Waals surface area contributed by atoms with E-state index in [0.717, 1.165) is 9.01 Å². The molecule has 0 fully saturated rings. The zero-order chi connectivity index (χ0) is 5.98. The summed E-state index contributed by atoms with van der Waals surface area (Å²) in [5.74, 6) is 0. The van der Waals surface area contributed by atoms with Gasteiger partial charge in [0.05, 0.1) is 0 Å². The topological polar surface area (TPSA) is 12.9 Å². The molecule has 0 saturated carbocycles. The van der Waals surface area contributed by atoms with Crippen LogP contribution in [0, 0.1) is 3.70 Å². The molecule has 1 unspecified atom stereocenters. The highest BCUT2D eigenvalue weighted by atomic mass is 127. The molecule has 42 valence electrons. The third-order valence-electron chi connectivity index (χ3n) is 0.788. The summed E-state index contributed by atoms with van der Waals surface area (Å²) in [6.45, 7) is 0. The Bertz CT molecular complexity index is 169. The average molecular weight is 237 g/mol. The molecule has 0 aromatic carbocycles. The number of hydrogen-bond donors (Lipinski definition) is 0. The van der Waals surface area contributed by atoms with Crippen molar-refractivity contribution in [1.82, 2.24) is 4.98 Å². The van der Waals surface area contributed by atoms with Crippen LogP contribution in [-0.2, 0) is 0 Å². The van der Waals surface area contributed by atoms with Crippen molar-refractivity contribution in [3.63, 3.8) is 0 Å². The zero-order valence-electron chi connectivity index (χ0n) is 4.13. The predicted molar refractivity (Wildman–Crippen MR) is 46.3 cm³/mol. The third-order valence-corrected chi connectivity index (χ3v) is 2.74. The quantitative estimate of drug-likeness (QED) is 0.375. The molecule has 1 heterocycles. The standard InChI is InChI=1S/C5H5INP/c6-5-4(8)2-1-3-7-5/h1-3H,8H2. The van der Waals surface area contributed by atoms with E-state index in [1.807, 2.05) is 12.1 Å². The minimum Gasteiger partial charge on any atom is -0.250 e. The molecular formula is C5H5INP. The Morgan fingerprint density at radius 2 is 2.38 bits per heavy atom. The maximum Gasteiger partial charge on any atom is 0.108 e. The fourth-order valence-corrected chi connectivity index (χ4v) is 0.925. The minimum absolute atomic E-state index is 1.05. The second kappa shape index (κ2) is 2.74. The summed E-state index contributed by atoms with van der Waals surface area (Å²) < 4.78 is 1.05. The van der Waals surface area contributed by atoms with Crippen LogP contribution < -0.4 is 5.30 Å². The monoisotopic (exact) mass is 237 g/mol. The van der Waals surface area contributed by atoms with Gasteiger partial charge < -0.3 is 0 Å². The van der Waals surface area contributed by atoms with Gasteiger partial charge >= 0.3 is 0 Å². The van der Waals surface area contributed by atoms with E-state index in [1.165, 1.54) is 0 Å². The van der Waals surface area contributed by atoms with Crippen LogP contribution >= 0.6 is 31.8 Å². The molecule has 0 aliphatic rings. The van der Waals surface area contributed by atoms with Gasteiger partial charge in [-0.3, -0.25) is 0 Å². The van der Waals surface area contributed by atoms with Crippen LogP contribution in [0.1, 0.15) is 0 Å². The van der Waals surface area contributed by atoms with Gasteiger partial charge in [0, 0.05) is 11.5 Å². The maximum atomic E-state index is 4.04.